The lowest BCUT2D eigenvalue weighted by Crippen LogP contribution is -2.46. The number of piperidine rings is 1. The molecule has 1 fully saturated rings. The van der Waals surface area contributed by atoms with Crippen LogP contribution in [0.1, 0.15) is 12.8 Å². The van der Waals surface area contributed by atoms with Crippen molar-refractivity contribution in [3.8, 4) is 5.69 Å². The van der Waals surface area contributed by atoms with E-state index in [0.29, 0.717) is 34.0 Å². The second kappa shape index (κ2) is 6.57. The summed E-state index contributed by atoms with van der Waals surface area (Å²) in [6.07, 6.45) is 4.05. The van der Waals surface area contributed by atoms with Crippen LogP contribution in [0.4, 0.5) is 4.39 Å². The Bertz CT molecular complexity index is 1030. The van der Waals surface area contributed by atoms with Crippen molar-refractivity contribution >= 4 is 27.0 Å². The number of hydrogen-bond donors (Lipinski definition) is 2. The molecule has 2 N–H and O–H groups in total. The zero-order valence-corrected chi connectivity index (χ0v) is 15.4. The molecule has 7 nitrogen and oxygen atoms in total. The molecule has 1 aliphatic rings. The minimum absolute atomic E-state index is 0.198. The van der Waals surface area contributed by atoms with E-state index in [1.54, 1.807) is 12.1 Å². The highest BCUT2D eigenvalue weighted by molar-refractivity contribution is 9.10. The van der Waals surface area contributed by atoms with Crippen LogP contribution in [0.3, 0.4) is 0 Å². The third kappa shape index (κ3) is 3.06. The smallest absolute Gasteiger partial charge is 0.264 e. The lowest BCUT2D eigenvalue weighted by atomic mass is 9.92. The van der Waals surface area contributed by atoms with Gasteiger partial charge in [0.15, 0.2) is 5.65 Å². The molecule has 0 atom stereocenters. The molecule has 0 spiro atoms. The van der Waals surface area contributed by atoms with Crippen molar-refractivity contribution in [2.45, 2.75) is 25.0 Å². The summed E-state index contributed by atoms with van der Waals surface area (Å²) in [5.41, 5.74) is -0.186. The molecule has 1 saturated heterocycles. The molecule has 0 bridgehead atoms. The van der Waals surface area contributed by atoms with Crippen LogP contribution >= 0.6 is 15.9 Å². The van der Waals surface area contributed by atoms with Gasteiger partial charge in [-0.25, -0.2) is 14.1 Å². The van der Waals surface area contributed by atoms with E-state index < -0.39 is 5.60 Å². The van der Waals surface area contributed by atoms with Gasteiger partial charge < -0.3 is 10.4 Å². The van der Waals surface area contributed by atoms with Crippen LogP contribution in [0, 0.1) is 5.82 Å². The number of rotatable bonds is 3. The van der Waals surface area contributed by atoms with Gasteiger partial charge in [-0.3, -0.25) is 9.36 Å². The Kier molecular flexibility index (Phi) is 4.37. The van der Waals surface area contributed by atoms with Crippen molar-refractivity contribution in [3.05, 3.63) is 51.4 Å². The first kappa shape index (κ1) is 17.3. The predicted molar refractivity (Wildman–Crippen MR) is 97.8 cm³/mol. The molecule has 0 amide bonds. The van der Waals surface area contributed by atoms with Gasteiger partial charge in [-0.05, 0) is 60.1 Å². The molecular formula is C17H17BrFN5O2. The summed E-state index contributed by atoms with van der Waals surface area (Å²) in [5.74, 6) is -0.379. The summed E-state index contributed by atoms with van der Waals surface area (Å²) >= 11 is 3.15. The van der Waals surface area contributed by atoms with Crippen LogP contribution in [0.25, 0.3) is 16.7 Å². The van der Waals surface area contributed by atoms with Gasteiger partial charge in [0.2, 0.25) is 0 Å². The van der Waals surface area contributed by atoms with Gasteiger partial charge >= 0.3 is 0 Å². The van der Waals surface area contributed by atoms with Gasteiger partial charge in [0.05, 0.1) is 28.5 Å². The van der Waals surface area contributed by atoms with Gasteiger partial charge in [-0.1, -0.05) is 0 Å². The summed E-state index contributed by atoms with van der Waals surface area (Å²) in [6.45, 7) is 1.64. The van der Waals surface area contributed by atoms with E-state index in [1.807, 2.05) is 0 Å². The fraction of sp³-hybridized carbons (Fsp3) is 0.353. The van der Waals surface area contributed by atoms with E-state index in [4.69, 9.17) is 0 Å². The van der Waals surface area contributed by atoms with Crippen LogP contribution in [-0.2, 0) is 6.54 Å². The molecular weight excluding hydrogens is 405 g/mol. The normalized spacial score (nSPS) is 16.9. The number of nitrogens with one attached hydrogen (secondary N) is 1. The first-order chi connectivity index (χ1) is 12.5. The lowest BCUT2D eigenvalue weighted by molar-refractivity contribution is -0.00627. The van der Waals surface area contributed by atoms with Crippen molar-refractivity contribution in [2.24, 2.45) is 0 Å². The van der Waals surface area contributed by atoms with E-state index in [0.717, 1.165) is 13.1 Å². The Labute approximate surface area is 156 Å². The lowest BCUT2D eigenvalue weighted by Gasteiger charge is -2.32. The number of benzene rings is 1. The Morgan fingerprint density at radius 1 is 1.35 bits per heavy atom. The highest BCUT2D eigenvalue weighted by Crippen LogP contribution is 2.22. The number of halogens is 2. The number of fused-ring (bicyclic) bond motifs is 1. The standard InChI is InChI=1S/C17H17BrFN5O2/c18-13-7-11(1-2-14(13)19)24-15-12(8-22-24)16(25)23(10-21-15)9-17(26)3-5-20-6-4-17/h1-2,7-8,10,20,26H,3-6,9H2. The first-order valence-corrected chi connectivity index (χ1v) is 9.08. The van der Waals surface area contributed by atoms with Crippen molar-refractivity contribution in [1.29, 1.82) is 0 Å². The highest BCUT2D eigenvalue weighted by Gasteiger charge is 2.30. The van der Waals surface area contributed by atoms with Crippen LogP contribution in [0.2, 0.25) is 0 Å². The van der Waals surface area contributed by atoms with Crippen molar-refractivity contribution in [3.63, 3.8) is 0 Å². The molecule has 3 heterocycles. The van der Waals surface area contributed by atoms with Crippen LogP contribution in [0.5, 0.6) is 0 Å². The van der Waals surface area contributed by atoms with Gasteiger partial charge in [0, 0.05) is 0 Å². The van der Waals surface area contributed by atoms with E-state index in [1.165, 1.54) is 27.8 Å². The van der Waals surface area contributed by atoms with Crippen LogP contribution < -0.4 is 10.9 Å². The Balaban J connectivity index is 1.73. The predicted octanol–water partition coefficient (Wildman–Crippen LogP) is 1.60. The summed E-state index contributed by atoms with van der Waals surface area (Å²) < 4.78 is 16.7. The molecule has 1 aromatic carbocycles. The molecule has 0 unspecified atom stereocenters. The zero-order valence-electron chi connectivity index (χ0n) is 13.8. The zero-order chi connectivity index (χ0) is 18.3. The monoisotopic (exact) mass is 421 g/mol. The van der Waals surface area contributed by atoms with Crippen molar-refractivity contribution < 1.29 is 9.50 Å². The number of hydrogen-bond acceptors (Lipinski definition) is 5. The maximum Gasteiger partial charge on any atom is 0.264 e. The number of aromatic nitrogens is 4. The highest BCUT2D eigenvalue weighted by atomic mass is 79.9. The molecule has 26 heavy (non-hydrogen) atoms. The molecule has 4 rings (SSSR count). The Hall–Kier alpha value is -2.10. The maximum atomic E-state index is 13.5. The minimum atomic E-state index is -0.914. The molecule has 2 aromatic heterocycles. The summed E-state index contributed by atoms with van der Waals surface area (Å²) in [7, 11) is 0. The van der Waals surface area contributed by atoms with Crippen LogP contribution in [0.15, 0.2) is 40.0 Å². The molecule has 0 aliphatic carbocycles. The summed E-state index contributed by atoms with van der Waals surface area (Å²) in [6, 6.07) is 4.46. The fourth-order valence-corrected chi connectivity index (χ4v) is 3.60. The first-order valence-electron chi connectivity index (χ1n) is 8.29. The molecule has 1 aliphatic heterocycles. The number of aliphatic hydroxyl groups is 1. The molecule has 0 saturated carbocycles. The molecule has 0 radical (unpaired) electrons. The van der Waals surface area contributed by atoms with Gasteiger partial charge in [0.1, 0.15) is 17.5 Å². The SMILES string of the molecule is O=c1c2cnn(-c3ccc(F)c(Br)c3)c2ncn1CC1(O)CCNCC1. The van der Waals surface area contributed by atoms with Gasteiger partial charge in [-0.15, -0.1) is 0 Å². The quantitative estimate of drug-likeness (QED) is 0.670. The van der Waals surface area contributed by atoms with Gasteiger partial charge in [0.25, 0.3) is 5.56 Å². The van der Waals surface area contributed by atoms with Gasteiger partial charge in [-0.2, -0.15) is 5.10 Å². The third-order valence-electron chi connectivity index (χ3n) is 4.70. The molecule has 9 heteroatoms. The van der Waals surface area contributed by atoms with E-state index in [2.05, 4.69) is 31.3 Å². The number of nitrogens with zero attached hydrogens (tertiary/aromatic N) is 4. The second-order valence-electron chi connectivity index (χ2n) is 6.54. The average molecular weight is 422 g/mol. The molecule has 3 aromatic rings. The van der Waals surface area contributed by atoms with E-state index in [9.17, 15) is 14.3 Å². The third-order valence-corrected chi connectivity index (χ3v) is 5.31. The Morgan fingerprint density at radius 3 is 2.85 bits per heavy atom. The maximum absolute atomic E-state index is 13.5. The topological polar surface area (TPSA) is 85.0 Å². The average Bonchev–Trinajstić information content (AvgIpc) is 3.05. The van der Waals surface area contributed by atoms with Crippen LogP contribution in [-0.4, -0.2) is 43.1 Å². The molecule has 136 valence electrons. The van der Waals surface area contributed by atoms with E-state index in [-0.39, 0.29) is 17.9 Å². The van der Waals surface area contributed by atoms with Crippen molar-refractivity contribution in [1.82, 2.24) is 24.6 Å². The fourth-order valence-electron chi connectivity index (χ4n) is 3.23. The van der Waals surface area contributed by atoms with E-state index >= 15 is 0 Å². The van der Waals surface area contributed by atoms with Crippen molar-refractivity contribution in [2.75, 3.05) is 13.1 Å². The summed E-state index contributed by atoms with van der Waals surface area (Å²) in [5, 5.41) is 18.4. The summed E-state index contributed by atoms with van der Waals surface area (Å²) in [4.78, 5) is 17.1. The minimum Gasteiger partial charge on any atom is -0.388 e. The second-order valence-corrected chi connectivity index (χ2v) is 7.40. The Morgan fingerprint density at radius 2 is 2.12 bits per heavy atom. The largest absolute Gasteiger partial charge is 0.388 e.